The molecule has 0 atom stereocenters. The summed E-state index contributed by atoms with van der Waals surface area (Å²) in [5.74, 6) is 0. The molecule has 8 heteroatoms. The van der Waals surface area contributed by atoms with Gasteiger partial charge in [-0.1, -0.05) is 0 Å². The summed E-state index contributed by atoms with van der Waals surface area (Å²) in [6.07, 6.45) is 0. The minimum absolute atomic E-state index is 0. The summed E-state index contributed by atoms with van der Waals surface area (Å²) in [5, 5.41) is 0. The van der Waals surface area contributed by atoms with Gasteiger partial charge in [0.05, 0.1) is 0 Å². The van der Waals surface area contributed by atoms with Crippen LogP contribution in [0.4, 0.5) is 0 Å². The normalized spacial score (nSPS) is 0. The van der Waals surface area contributed by atoms with Gasteiger partial charge in [0.2, 0.25) is 0 Å². The van der Waals surface area contributed by atoms with E-state index in [1.54, 1.807) is 0 Å². The number of halogens is 1. The molecule has 6 nitrogen and oxygen atoms in total. The van der Waals surface area contributed by atoms with Crippen LogP contribution in [-0.4, -0.2) is 50.2 Å². The van der Waals surface area contributed by atoms with Crippen molar-refractivity contribution in [2.75, 3.05) is 0 Å². The molecule has 8 heavy (non-hydrogen) atoms. The summed E-state index contributed by atoms with van der Waals surface area (Å²) in [6.45, 7) is 0. The SMILES string of the molecule is O.O.O.O.O.O.[Al+3].[Br-]. The first kappa shape index (κ1) is 888. The van der Waals surface area contributed by atoms with E-state index in [-0.39, 0.29) is 67.2 Å². The molecule has 56 valence electrons. The Labute approximate surface area is 67.6 Å². The van der Waals surface area contributed by atoms with Crippen LogP contribution in [0.2, 0.25) is 0 Å². The van der Waals surface area contributed by atoms with Crippen molar-refractivity contribution in [2.24, 2.45) is 0 Å². The van der Waals surface area contributed by atoms with Gasteiger partial charge in [0, 0.05) is 0 Å². The second-order valence-electron chi connectivity index (χ2n) is 0. The molecule has 0 aliphatic heterocycles. The zero-order chi connectivity index (χ0) is 0. The molecule has 0 spiro atoms. The van der Waals surface area contributed by atoms with E-state index >= 15 is 0 Å². The maximum Gasteiger partial charge on any atom is 3.00 e. The minimum atomic E-state index is 0. The Morgan fingerprint density at radius 2 is 0.375 bits per heavy atom. The fourth-order valence-corrected chi connectivity index (χ4v) is 0. The molecule has 0 saturated carbocycles. The van der Waals surface area contributed by atoms with Crippen molar-refractivity contribution < 1.29 is 49.8 Å². The third-order valence-corrected chi connectivity index (χ3v) is 0. The van der Waals surface area contributed by atoms with Gasteiger partial charge in [0.1, 0.15) is 0 Å². The summed E-state index contributed by atoms with van der Waals surface area (Å²) in [5.41, 5.74) is 0. The minimum Gasteiger partial charge on any atom is -1.00 e. The quantitative estimate of drug-likeness (QED) is 0.347. The van der Waals surface area contributed by atoms with E-state index in [1.165, 1.54) is 0 Å². The van der Waals surface area contributed by atoms with Crippen LogP contribution in [-0.2, 0) is 0 Å². The predicted molar refractivity (Wildman–Crippen MR) is 27.4 cm³/mol. The summed E-state index contributed by atoms with van der Waals surface area (Å²) in [7, 11) is 0. The van der Waals surface area contributed by atoms with Crippen LogP contribution in [0.1, 0.15) is 0 Å². The van der Waals surface area contributed by atoms with Crippen molar-refractivity contribution in [1.29, 1.82) is 0 Å². The van der Waals surface area contributed by atoms with Gasteiger partial charge in [-0.25, -0.2) is 0 Å². The third kappa shape index (κ3) is 378. The summed E-state index contributed by atoms with van der Waals surface area (Å²) < 4.78 is 0. The second-order valence-corrected chi connectivity index (χ2v) is 0. The predicted octanol–water partition coefficient (Wildman–Crippen LogP) is -8.32. The van der Waals surface area contributed by atoms with Crippen LogP contribution in [0, 0.1) is 0 Å². The van der Waals surface area contributed by atoms with Gasteiger partial charge in [-0.15, -0.1) is 0 Å². The van der Waals surface area contributed by atoms with E-state index in [9.17, 15) is 0 Å². The van der Waals surface area contributed by atoms with Crippen molar-refractivity contribution in [3.8, 4) is 0 Å². The molecule has 0 radical (unpaired) electrons. The number of hydrogen-bond donors (Lipinski definition) is 0. The van der Waals surface area contributed by atoms with E-state index < -0.39 is 0 Å². The Kier molecular flexibility index (Phi) is 66300. The smallest absolute Gasteiger partial charge is 1.00 e. The third-order valence-electron chi connectivity index (χ3n) is 0. The molecule has 0 heterocycles. The molecule has 0 bridgehead atoms. The molecule has 0 rings (SSSR count). The Hall–Kier alpha value is 0.772. The summed E-state index contributed by atoms with van der Waals surface area (Å²) >= 11 is 0. The maximum atomic E-state index is 0. The molecular weight excluding hydrogens is 203 g/mol. The topological polar surface area (TPSA) is 189 Å². The Morgan fingerprint density at radius 1 is 0.375 bits per heavy atom. The van der Waals surface area contributed by atoms with Crippen molar-refractivity contribution in [3.63, 3.8) is 0 Å². The molecule has 0 saturated heterocycles. The van der Waals surface area contributed by atoms with E-state index in [1.807, 2.05) is 0 Å². The van der Waals surface area contributed by atoms with Crippen LogP contribution < -0.4 is 17.0 Å². The number of hydrogen-bond acceptors (Lipinski definition) is 0. The molecule has 0 amide bonds. The van der Waals surface area contributed by atoms with Gasteiger partial charge in [0.25, 0.3) is 0 Å². The summed E-state index contributed by atoms with van der Waals surface area (Å²) in [6, 6.07) is 0. The van der Waals surface area contributed by atoms with Crippen LogP contribution in [0.3, 0.4) is 0 Å². The van der Waals surface area contributed by atoms with Crippen LogP contribution in [0.5, 0.6) is 0 Å². The average molecular weight is 215 g/mol. The van der Waals surface area contributed by atoms with Gasteiger partial charge in [-0.2, -0.15) is 0 Å². The second kappa shape index (κ2) is 597. The van der Waals surface area contributed by atoms with Crippen molar-refractivity contribution in [3.05, 3.63) is 0 Å². The van der Waals surface area contributed by atoms with Crippen LogP contribution in [0.25, 0.3) is 0 Å². The zero-order valence-electron chi connectivity index (χ0n) is 3.96. The van der Waals surface area contributed by atoms with Gasteiger partial charge in [0.15, 0.2) is 0 Å². The Bertz CT molecular complexity index is 8.49. The van der Waals surface area contributed by atoms with E-state index in [4.69, 9.17) is 0 Å². The van der Waals surface area contributed by atoms with E-state index in [0.29, 0.717) is 0 Å². The largest absolute Gasteiger partial charge is 3.00 e. The first-order valence-corrected chi connectivity index (χ1v) is 0. The Morgan fingerprint density at radius 3 is 0.375 bits per heavy atom. The van der Waals surface area contributed by atoms with Crippen LogP contribution in [0.15, 0.2) is 0 Å². The van der Waals surface area contributed by atoms with Crippen molar-refractivity contribution in [2.45, 2.75) is 0 Å². The number of rotatable bonds is 0. The molecule has 0 aromatic carbocycles. The molecule has 0 aliphatic rings. The summed E-state index contributed by atoms with van der Waals surface area (Å²) in [4.78, 5) is 0. The van der Waals surface area contributed by atoms with E-state index in [2.05, 4.69) is 0 Å². The molecule has 0 aromatic rings. The van der Waals surface area contributed by atoms with Gasteiger partial charge in [-0.3, -0.25) is 0 Å². The first-order valence-electron chi connectivity index (χ1n) is 0. The fourth-order valence-electron chi connectivity index (χ4n) is 0. The molecule has 0 fully saturated rings. The van der Waals surface area contributed by atoms with Gasteiger partial charge >= 0.3 is 17.4 Å². The van der Waals surface area contributed by atoms with Gasteiger partial charge < -0.3 is 49.8 Å². The van der Waals surface area contributed by atoms with E-state index in [0.717, 1.165) is 0 Å². The van der Waals surface area contributed by atoms with Crippen molar-refractivity contribution in [1.82, 2.24) is 0 Å². The monoisotopic (exact) mass is 214 g/mol. The van der Waals surface area contributed by atoms with Crippen LogP contribution >= 0.6 is 0 Å². The zero-order valence-corrected chi connectivity index (χ0v) is 6.70. The average Bonchev–Trinajstić information content (AvgIpc) is 0. The van der Waals surface area contributed by atoms with Gasteiger partial charge in [-0.05, 0) is 0 Å². The fraction of sp³-hybridized carbons (Fsp3) is 0. The molecule has 0 unspecified atom stereocenters. The standard InChI is InChI=1S/Al.BrH.6H2O/h;1H;6*1H2/q+3;;;;;;;/p-1. The Balaban J connectivity index is 0. The van der Waals surface area contributed by atoms with Crippen molar-refractivity contribution >= 4 is 17.4 Å². The molecule has 12 N–H and O–H groups in total. The molecule has 0 aromatic heterocycles. The molecule has 0 aliphatic carbocycles. The first-order chi connectivity index (χ1) is 0. The molecular formula is H12AlBrO6+2. The maximum absolute atomic E-state index is 0.